The minimum absolute atomic E-state index is 0.260. The number of nitrogens with zero attached hydrogens (tertiary/aromatic N) is 3. The van der Waals surface area contributed by atoms with E-state index in [2.05, 4.69) is 15.2 Å². The molecule has 1 saturated heterocycles. The number of esters is 1. The average Bonchev–Trinajstić information content (AvgIpc) is 3.37. The predicted molar refractivity (Wildman–Crippen MR) is 104 cm³/mol. The Bertz CT molecular complexity index is 823. The highest BCUT2D eigenvalue weighted by molar-refractivity contribution is 7.20. The van der Waals surface area contributed by atoms with Crippen molar-refractivity contribution in [1.29, 1.82) is 0 Å². The largest absolute Gasteiger partial charge is 0.462 e. The van der Waals surface area contributed by atoms with Gasteiger partial charge >= 0.3 is 5.97 Å². The number of aromatic nitrogens is 2. The number of carbonyl (C=O) groups excluding carboxylic acids is 1. The fourth-order valence-corrected chi connectivity index (χ4v) is 4.80. The first-order chi connectivity index (χ1) is 12.6. The van der Waals surface area contributed by atoms with Gasteiger partial charge in [-0.25, -0.2) is 14.8 Å². The molecule has 0 spiro atoms. The van der Waals surface area contributed by atoms with Crippen LogP contribution < -0.4 is 10.2 Å². The molecule has 0 bridgehead atoms. The van der Waals surface area contributed by atoms with Crippen LogP contribution in [0.4, 0.5) is 5.82 Å². The normalized spacial score (nSPS) is 18.5. The van der Waals surface area contributed by atoms with E-state index in [1.807, 2.05) is 20.8 Å². The number of aryl methyl sites for hydroxylation is 2. The quantitative estimate of drug-likeness (QED) is 0.811. The number of nitrogens with one attached hydrogen (secondary N) is 1. The summed E-state index contributed by atoms with van der Waals surface area (Å²) in [6.45, 7) is 8.08. The number of hydrogen-bond acceptors (Lipinski definition) is 7. The number of carbonyl (C=O) groups is 1. The molecule has 1 N–H and O–H groups in total. The topological polar surface area (TPSA) is 67.3 Å². The van der Waals surface area contributed by atoms with Crippen LogP contribution in [0.15, 0.2) is 0 Å². The van der Waals surface area contributed by atoms with E-state index >= 15 is 0 Å². The average molecular weight is 375 g/mol. The number of anilines is 1. The number of ether oxygens (including phenoxy) is 1. The lowest BCUT2D eigenvalue weighted by atomic mass is 10.0. The summed E-state index contributed by atoms with van der Waals surface area (Å²) >= 11 is 1.42. The highest BCUT2D eigenvalue weighted by Crippen LogP contribution is 2.37. The molecule has 0 unspecified atom stereocenters. The Hall–Kier alpha value is -1.73. The molecule has 0 atom stereocenters. The fraction of sp³-hybridized carbons (Fsp3) is 0.632. The van der Waals surface area contributed by atoms with Gasteiger partial charge in [0, 0.05) is 25.2 Å². The second kappa shape index (κ2) is 7.12. The zero-order valence-corrected chi connectivity index (χ0v) is 16.5. The van der Waals surface area contributed by atoms with Crippen molar-refractivity contribution in [2.75, 3.05) is 24.6 Å². The SMILES string of the molecule is CCOC(=O)c1sc2nc(C)nc(N3CCC(NC4CC4)CC3)c2c1C. The van der Waals surface area contributed by atoms with Crippen LogP contribution in [-0.4, -0.2) is 47.7 Å². The van der Waals surface area contributed by atoms with Crippen LogP contribution >= 0.6 is 11.3 Å². The standard InChI is InChI=1S/C19H26N4O2S/c1-4-25-19(24)16-11(2)15-17(20-12(3)21-18(15)26-16)23-9-7-14(8-10-23)22-13-5-6-13/h13-14,22H,4-10H2,1-3H3. The van der Waals surface area contributed by atoms with E-state index in [4.69, 9.17) is 9.72 Å². The Morgan fingerprint density at radius 1 is 1.19 bits per heavy atom. The van der Waals surface area contributed by atoms with Crippen LogP contribution in [0.5, 0.6) is 0 Å². The lowest BCUT2D eigenvalue weighted by molar-refractivity contribution is 0.0531. The second-order valence-corrected chi connectivity index (χ2v) is 8.25. The Labute approximate surface area is 158 Å². The number of rotatable bonds is 5. The van der Waals surface area contributed by atoms with Crippen LogP contribution in [0.25, 0.3) is 10.2 Å². The molecule has 2 aromatic heterocycles. The van der Waals surface area contributed by atoms with Gasteiger partial charge in [-0.05, 0) is 52.0 Å². The van der Waals surface area contributed by atoms with Crippen molar-refractivity contribution in [1.82, 2.24) is 15.3 Å². The van der Waals surface area contributed by atoms with E-state index in [1.54, 1.807) is 0 Å². The van der Waals surface area contributed by atoms with Gasteiger partial charge in [-0.15, -0.1) is 11.3 Å². The Morgan fingerprint density at radius 3 is 2.54 bits per heavy atom. The van der Waals surface area contributed by atoms with Crippen LogP contribution in [0.2, 0.25) is 0 Å². The minimum Gasteiger partial charge on any atom is -0.462 e. The van der Waals surface area contributed by atoms with Crippen molar-refractivity contribution < 1.29 is 9.53 Å². The maximum Gasteiger partial charge on any atom is 0.348 e. The van der Waals surface area contributed by atoms with Gasteiger partial charge in [0.05, 0.1) is 12.0 Å². The molecule has 0 amide bonds. The molecule has 2 aromatic rings. The molecule has 1 aliphatic carbocycles. The second-order valence-electron chi connectivity index (χ2n) is 7.25. The zero-order valence-electron chi connectivity index (χ0n) is 15.7. The lowest BCUT2D eigenvalue weighted by Gasteiger charge is -2.33. The van der Waals surface area contributed by atoms with E-state index in [-0.39, 0.29) is 5.97 Å². The third-order valence-corrected chi connectivity index (χ3v) is 6.35. The third-order valence-electron chi connectivity index (χ3n) is 5.19. The first-order valence-corrected chi connectivity index (χ1v) is 10.3. The van der Waals surface area contributed by atoms with E-state index in [0.717, 1.165) is 59.4 Å². The maximum atomic E-state index is 12.3. The summed E-state index contributed by atoms with van der Waals surface area (Å²) in [7, 11) is 0. The van der Waals surface area contributed by atoms with Gasteiger partial charge in [-0.1, -0.05) is 0 Å². The zero-order chi connectivity index (χ0) is 18.3. The van der Waals surface area contributed by atoms with E-state index in [1.165, 1.54) is 24.2 Å². The molecule has 4 rings (SSSR count). The number of hydrogen-bond donors (Lipinski definition) is 1. The van der Waals surface area contributed by atoms with E-state index in [9.17, 15) is 4.79 Å². The highest BCUT2D eigenvalue weighted by atomic mass is 32.1. The van der Waals surface area contributed by atoms with Gasteiger partial charge in [0.1, 0.15) is 21.3 Å². The first-order valence-electron chi connectivity index (χ1n) is 9.52. The van der Waals surface area contributed by atoms with Crippen LogP contribution in [-0.2, 0) is 4.74 Å². The summed E-state index contributed by atoms with van der Waals surface area (Å²) in [5.74, 6) is 1.47. The summed E-state index contributed by atoms with van der Waals surface area (Å²) in [6, 6.07) is 1.38. The van der Waals surface area contributed by atoms with Crippen molar-refractivity contribution in [3.8, 4) is 0 Å². The molecule has 2 fully saturated rings. The van der Waals surface area contributed by atoms with Crippen molar-refractivity contribution in [2.45, 2.75) is 58.5 Å². The maximum absolute atomic E-state index is 12.3. The highest BCUT2D eigenvalue weighted by Gasteiger charge is 2.29. The Balaban J connectivity index is 1.63. The molecule has 2 aliphatic rings. The monoisotopic (exact) mass is 374 g/mol. The molecule has 1 aliphatic heterocycles. The molecule has 0 aromatic carbocycles. The van der Waals surface area contributed by atoms with Crippen LogP contribution in [0.3, 0.4) is 0 Å². The summed E-state index contributed by atoms with van der Waals surface area (Å²) in [5, 5.41) is 4.75. The molecule has 26 heavy (non-hydrogen) atoms. The van der Waals surface area contributed by atoms with Crippen LogP contribution in [0.1, 0.15) is 53.7 Å². The number of thiophene rings is 1. The summed E-state index contributed by atoms with van der Waals surface area (Å²) in [5.41, 5.74) is 0.941. The molecular formula is C19H26N4O2S. The molecule has 140 valence electrons. The first kappa shape index (κ1) is 17.7. The fourth-order valence-electron chi connectivity index (χ4n) is 3.68. The van der Waals surface area contributed by atoms with Gasteiger partial charge in [-0.3, -0.25) is 0 Å². The summed E-state index contributed by atoms with van der Waals surface area (Å²) < 4.78 is 5.21. The minimum atomic E-state index is -0.260. The van der Waals surface area contributed by atoms with Gasteiger partial charge < -0.3 is 15.0 Å². The molecule has 3 heterocycles. The Kier molecular flexibility index (Phi) is 4.84. The third kappa shape index (κ3) is 3.42. The van der Waals surface area contributed by atoms with E-state index < -0.39 is 0 Å². The van der Waals surface area contributed by atoms with E-state index in [0.29, 0.717) is 17.5 Å². The van der Waals surface area contributed by atoms with Crippen molar-refractivity contribution >= 4 is 33.3 Å². The van der Waals surface area contributed by atoms with Crippen molar-refractivity contribution in [2.24, 2.45) is 0 Å². The van der Waals surface area contributed by atoms with Crippen molar-refractivity contribution in [3.05, 3.63) is 16.3 Å². The summed E-state index contributed by atoms with van der Waals surface area (Å²) in [4.78, 5) is 25.5. The van der Waals surface area contributed by atoms with Gasteiger partial charge in [-0.2, -0.15) is 0 Å². The van der Waals surface area contributed by atoms with Gasteiger partial charge in [0.25, 0.3) is 0 Å². The molecular weight excluding hydrogens is 348 g/mol. The van der Waals surface area contributed by atoms with Crippen molar-refractivity contribution in [3.63, 3.8) is 0 Å². The predicted octanol–water partition coefficient (Wildman–Crippen LogP) is 3.21. The number of piperidine rings is 1. The molecule has 6 nitrogen and oxygen atoms in total. The van der Waals surface area contributed by atoms with Gasteiger partial charge in [0.2, 0.25) is 0 Å². The summed E-state index contributed by atoms with van der Waals surface area (Å²) in [6.07, 6.45) is 4.93. The molecule has 1 saturated carbocycles. The lowest BCUT2D eigenvalue weighted by Crippen LogP contribution is -2.43. The smallest absolute Gasteiger partial charge is 0.348 e. The van der Waals surface area contributed by atoms with Gasteiger partial charge in [0.15, 0.2) is 0 Å². The molecule has 0 radical (unpaired) electrons. The Morgan fingerprint density at radius 2 is 1.88 bits per heavy atom. The number of fused-ring (bicyclic) bond motifs is 1. The molecule has 7 heteroatoms. The van der Waals surface area contributed by atoms with Crippen LogP contribution in [0, 0.1) is 13.8 Å².